The summed E-state index contributed by atoms with van der Waals surface area (Å²) in [4.78, 5) is 8.69. The van der Waals surface area contributed by atoms with Crippen LogP contribution in [0.4, 0.5) is 0 Å². The smallest absolute Gasteiger partial charge is 0.158 e. The van der Waals surface area contributed by atoms with E-state index < -0.39 is 0 Å². The molecule has 84 valence electrons. The number of aryl methyl sites for hydroxylation is 1. The molecule has 0 aliphatic carbocycles. The van der Waals surface area contributed by atoms with Gasteiger partial charge in [-0.1, -0.05) is 25.8 Å². The molecule has 3 nitrogen and oxygen atoms in total. The summed E-state index contributed by atoms with van der Waals surface area (Å²) in [5.41, 5.74) is 0.948. The summed E-state index contributed by atoms with van der Waals surface area (Å²) in [6.07, 6.45) is 9.39. The summed E-state index contributed by atoms with van der Waals surface area (Å²) in [6, 6.07) is 5.92. The van der Waals surface area contributed by atoms with Crippen molar-refractivity contribution >= 4 is 0 Å². The molecule has 0 bridgehead atoms. The summed E-state index contributed by atoms with van der Waals surface area (Å²) in [7, 11) is 0. The van der Waals surface area contributed by atoms with Gasteiger partial charge in [-0.2, -0.15) is 0 Å². The Kier molecular flexibility index (Phi) is 3.70. The zero-order valence-corrected chi connectivity index (χ0v) is 9.63. The first kappa shape index (κ1) is 10.9. The van der Waals surface area contributed by atoms with Gasteiger partial charge < -0.3 is 4.57 Å². The molecular formula is C13H17N3. The van der Waals surface area contributed by atoms with Crippen LogP contribution in [0.25, 0.3) is 11.5 Å². The fraction of sp³-hybridized carbons (Fsp3) is 0.385. The Labute approximate surface area is 96.2 Å². The Hall–Kier alpha value is -1.64. The van der Waals surface area contributed by atoms with Crippen LogP contribution in [0, 0.1) is 0 Å². The van der Waals surface area contributed by atoms with Gasteiger partial charge in [0, 0.05) is 25.1 Å². The molecule has 0 unspecified atom stereocenters. The molecule has 0 N–H and O–H groups in total. The molecule has 0 fully saturated rings. The van der Waals surface area contributed by atoms with Crippen LogP contribution in [-0.4, -0.2) is 14.5 Å². The van der Waals surface area contributed by atoms with E-state index in [-0.39, 0.29) is 0 Å². The van der Waals surface area contributed by atoms with Crippen LogP contribution in [0.1, 0.15) is 26.2 Å². The van der Waals surface area contributed by atoms with Crippen molar-refractivity contribution in [2.24, 2.45) is 0 Å². The van der Waals surface area contributed by atoms with Crippen LogP contribution in [-0.2, 0) is 6.54 Å². The summed E-state index contributed by atoms with van der Waals surface area (Å²) in [5.74, 6) is 0.969. The number of hydrogen-bond donors (Lipinski definition) is 0. The predicted molar refractivity (Wildman–Crippen MR) is 65.0 cm³/mol. The van der Waals surface area contributed by atoms with Crippen LogP contribution in [0.5, 0.6) is 0 Å². The first-order valence-electron chi connectivity index (χ1n) is 5.84. The number of imidazole rings is 1. The van der Waals surface area contributed by atoms with E-state index in [2.05, 4.69) is 21.5 Å². The summed E-state index contributed by atoms with van der Waals surface area (Å²) in [6.45, 7) is 3.24. The number of aromatic nitrogens is 3. The van der Waals surface area contributed by atoms with Gasteiger partial charge in [0.05, 0.1) is 0 Å². The number of unbranched alkanes of at least 4 members (excludes halogenated alkanes) is 2. The monoisotopic (exact) mass is 215 g/mol. The third-order valence-corrected chi connectivity index (χ3v) is 2.61. The van der Waals surface area contributed by atoms with Gasteiger partial charge in [-0.05, 0) is 18.6 Å². The average Bonchev–Trinajstić information content (AvgIpc) is 2.79. The van der Waals surface area contributed by atoms with Gasteiger partial charge in [-0.15, -0.1) is 0 Å². The van der Waals surface area contributed by atoms with Crippen molar-refractivity contribution in [2.75, 3.05) is 0 Å². The van der Waals surface area contributed by atoms with E-state index in [9.17, 15) is 0 Å². The number of nitrogens with zero attached hydrogens (tertiary/aromatic N) is 3. The third kappa shape index (κ3) is 2.48. The van der Waals surface area contributed by atoms with E-state index in [4.69, 9.17) is 0 Å². The lowest BCUT2D eigenvalue weighted by atomic mass is 10.2. The van der Waals surface area contributed by atoms with Crippen molar-refractivity contribution in [1.29, 1.82) is 0 Å². The first-order chi connectivity index (χ1) is 7.92. The highest BCUT2D eigenvalue weighted by molar-refractivity contribution is 5.48. The van der Waals surface area contributed by atoms with Gasteiger partial charge >= 0.3 is 0 Å². The highest BCUT2D eigenvalue weighted by Crippen LogP contribution is 2.14. The van der Waals surface area contributed by atoms with Gasteiger partial charge in [-0.3, -0.25) is 4.98 Å². The first-order valence-corrected chi connectivity index (χ1v) is 5.84. The highest BCUT2D eigenvalue weighted by Gasteiger charge is 2.05. The lowest BCUT2D eigenvalue weighted by molar-refractivity contribution is 0.605. The topological polar surface area (TPSA) is 30.7 Å². The zero-order chi connectivity index (χ0) is 11.2. The van der Waals surface area contributed by atoms with Crippen LogP contribution in [0.15, 0.2) is 36.8 Å². The van der Waals surface area contributed by atoms with Crippen molar-refractivity contribution in [3.05, 3.63) is 36.8 Å². The normalized spacial score (nSPS) is 10.6. The molecular weight excluding hydrogens is 198 g/mol. The number of rotatable bonds is 5. The molecule has 0 saturated heterocycles. The molecule has 2 aromatic heterocycles. The van der Waals surface area contributed by atoms with Crippen LogP contribution >= 0.6 is 0 Å². The molecule has 0 aliphatic heterocycles. The number of hydrogen-bond acceptors (Lipinski definition) is 2. The molecule has 16 heavy (non-hydrogen) atoms. The average molecular weight is 215 g/mol. The van der Waals surface area contributed by atoms with E-state index in [0.29, 0.717) is 0 Å². The fourth-order valence-electron chi connectivity index (χ4n) is 1.75. The van der Waals surface area contributed by atoms with Crippen LogP contribution < -0.4 is 0 Å². The lowest BCUT2D eigenvalue weighted by Crippen LogP contribution is -2.00. The lowest BCUT2D eigenvalue weighted by Gasteiger charge is -2.06. The van der Waals surface area contributed by atoms with Crippen molar-refractivity contribution in [1.82, 2.24) is 14.5 Å². The van der Waals surface area contributed by atoms with Gasteiger partial charge in [0.25, 0.3) is 0 Å². The van der Waals surface area contributed by atoms with Crippen molar-refractivity contribution in [3.8, 4) is 11.5 Å². The summed E-state index contributed by atoms with van der Waals surface area (Å²) < 4.78 is 2.18. The molecule has 3 heteroatoms. The Morgan fingerprint density at radius 1 is 1.12 bits per heavy atom. The minimum atomic E-state index is 0.948. The van der Waals surface area contributed by atoms with E-state index in [0.717, 1.165) is 18.1 Å². The minimum Gasteiger partial charge on any atom is -0.330 e. The number of pyridine rings is 1. The molecule has 0 amide bonds. The maximum atomic E-state index is 4.37. The van der Waals surface area contributed by atoms with E-state index >= 15 is 0 Å². The van der Waals surface area contributed by atoms with Crippen molar-refractivity contribution < 1.29 is 0 Å². The molecule has 2 aromatic rings. The second-order valence-electron chi connectivity index (χ2n) is 3.87. The molecule has 0 aliphatic rings. The fourth-order valence-corrected chi connectivity index (χ4v) is 1.75. The summed E-state index contributed by atoms with van der Waals surface area (Å²) >= 11 is 0. The molecule has 0 atom stereocenters. The molecule has 0 radical (unpaired) electrons. The Morgan fingerprint density at radius 3 is 2.81 bits per heavy atom. The molecule has 0 aromatic carbocycles. The van der Waals surface area contributed by atoms with Gasteiger partial charge in [0.2, 0.25) is 0 Å². The van der Waals surface area contributed by atoms with Crippen LogP contribution in [0.3, 0.4) is 0 Å². The largest absolute Gasteiger partial charge is 0.330 e. The van der Waals surface area contributed by atoms with Gasteiger partial charge in [0.1, 0.15) is 5.69 Å². The second kappa shape index (κ2) is 5.45. The highest BCUT2D eigenvalue weighted by atomic mass is 15.1. The van der Waals surface area contributed by atoms with E-state index in [1.807, 2.05) is 30.6 Å². The molecule has 0 saturated carbocycles. The maximum Gasteiger partial charge on any atom is 0.158 e. The molecule has 0 spiro atoms. The SMILES string of the molecule is CCCCCn1ccnc1-c1ccccn1. The van der Waals surface area contributed by atoms with Crippen LogP contribution in [0.2, 0.25) is 0 Å². The predicted octanol–water partition coefficient (Wildman–Crippen LogP) is 3.14. The Bertz CT molecular complexity index is 420. The van der Waals surface area contributed by atoms with Crippen molar-refractivity contribution in [3.63, 3.8) is 0 Å². The van der Waals surface area contributed by atoms with Gasteiger partial charge in [0.15, 0.2) is 5.82 Å². The Balaban J connectivity index is 2.13. The quantitative estimate of drug-likeness (QED) is 0.717. The molecule has 2 rings (SSSR count). The third-order valence-electron chi connectivity index (χ3n) is 2.61. The summed E-state index contributed by atoms with van der Waals surface area (Å²) in [5, 5.41) is 0. The van der Waals surface area contributed by atoms with Gasteiger partial charge in [-0.25, -0.2) is 4.98 Å². The second-order valence-corrected chi connectivity index (χ2v) is 3.87. The Morgan fingerprint density at radius 2 is 2.06 bits per heavy atom. The molecule has 2 heterocycles. The standard InChI is InChI=1S/C13H17N3/c1-2-3-6-10-16-11-9-15-13(16)12-7-4-5-8-14-12/h4-5,7-9,11H,2-3,6,10H2,1H3. The van der Waals surface area contributed by atoms with Crippen molar-refractivity contribution in [2.45, 2.75) is 32.7 Å². The van der Waals surface area contributed by atoms with E-state index in [1.54, 1.807) is 6.20 Å². The minimum absolute atomic E-state index is 0.948. The zero-order valence-electron chi connectivity index (χ0n) is 9.63. The maximum absolute atomic E-state index is 4.37. The van der Waals surface area contributed by atoms with E-state index in [1.165, 1.54) is 19.3 Å².